The van der Waals surface area contributed by atoms with Crippen LogP contribution in [0.5, 0.6) is 0 Å². The second-order valence-electron chi connectivity index (χ2n) is 4.57. The fourth-order valence-corrected chi connectivity index (χ4v) is 2.10. The van der Waals surface area contributed by atoms with Crippen molar-refractivity contribution >= 4 is 17.0 Å². The Morgan fingerprint density at radius 2 is 2.33 bits per heavy atom. The van der Waals surface area contributed by atoms with Gasteiger partial charge >= 0.3 is 0 Å². The molecule has 0 spiro atoms. The molecule has 0 unspecified atom stereocenters. The molecule has 2 aromatic heterocycles. The third-order valence-corrected chi connectivity index (χ3v) is 3.16. The predicted octanol–water partition coefficient (Wildman–Crippen LogP) is -0.983. The monoisotopic (exact) mass is 250 g/mol. The molecule has 5 N–H and O–H groups in total. The van der Waals surface area contributed by atoms with Gasteiger partial charge in [-0.05, 0) is 0 Å². The minimum Gasteiger partial charge on any atom is -0.394 e. The summed E-state index contributed by atoms with van der Waals surface area (Å²) in [6, 6.07) is 0. The summed E-state index contributed by atoms with van der Waals surface area (Å²) in [6.45, 7) is 0.182. The quantitative estimate of drug-likeness (QED) is 0.625. The number of aromatic nitrogens is 4. The zero-order valence-electron chi connectivity index (χ0n) is 9.65. The second-order valence-corrected chi connectivity index (χ2v) is 4.57. The van der Waals surface area contributed by atoms with Gasteiger partial charge in [0.25, 0.3) is 0 Å². The van der Waals surface area contributed by atoms with Crippen molar-refractivity contribution in [3.63, 3.8) is 0 Å². The third kappa shape index (κ3) is 1.62. The van der Waals surface area contributed by atoms with Gasteiger partial charge in [-0.2, -0.15) is 0 Å². The van der Waals surface area contributed by atoms with E-state index in [1.807, 2.05) is 0 Å². The fourth-order valence-electron chi connectivity index (χ4n) is 2.10. The minimum absolute atomic E-state index is 0.118. The minimum atomic E-state index is -0.708. The number of nitrogen functional groups attached to an aromatic ring is 1. The Hall–Kier alpha value is -1.77. The summed E-state index contributed by atoms with van der Waals surface area (Å²) in [4.78, 5) is 12.2. The SMILES string of the molecule is Nc1ncnc2c1ncn2[C@@H]1C[C@](N)(CO)CO1. The lowest BCUT2D eigenvalue weighted by atomic mass is 10.0. The Morgan fingerprint density at radius 1 is 1.50 bits per heavy atom. The van der Waals surface area contributed by atoms with Gasteiger partial charge in [0.1, 0.15) is 18.1 Å². The van der Waals surface area contributed by atoms with Gasteiger partial charge in [0.15, 0.2) is 11.5 Å². The first-order chi connectivity index (χ1) is 8.63. The summed E-state index contributed by atoms with van der Waals surface area (Å²) in [5.41, 5.74) is 12.1. The van der Waals surface area contributed by atoms with Crippen molar-refractivity contribution < 1.29 is 9.84 Å². The van der Waals surface area contributed by atoms with Crippen molar-refractivity contribution in [1.82, 2.24) is 19.5 Å². The summed E-state index contributed by atoms with van der Waals surface area (Å²) in [5.74, 6) is 0.331. The number of ether oxygens (including phenoxy) is 1. The zero-order chi connectivity index (χ0) is 12.8. The summed E-state index contributed by atoms with van der Waals surface area (Å²) >= 11 is 0. The van der Waals surface area contributed by atoms with Crippen molar-refractivity contribution in [2.75, 3.05) is 18.9 Å². The lowest BCUT2D eigenvalue weighted by Gasteiger charge is -2.18. The highest BCUT2D eigenvalue weighted by atomic mass is 16.5. The number of imidazole rings is 1. The summed E-state index contributed by atoms with van der Waals surface area (Å²) < 4.78 is 7.35. The van der Waals surface area contributed by atoms with E-state index >= 15 is 0 Å². The van der Waals surface area contributed by atoms with Crippen molar-refractivity contribution in [3.8, 4) is 0 Å². The molecular formula is C10H14N6O2. The van der Waals surface area contributed by atoms with Gasteiger partial charge in [-0.3, -0.25) is 4.57 Å². The van der Waals surface area contributed by atoms with E-state index in [1.54, 1.807) is 10.9 Å². The van der Waals surface area contributed by atoms with Crippen LogP contribution < -0.4 is 11.5 Å². The summed E-state index contributed by atoms with van der Waals surface area (Å²) in [6.07, 6.45) is 3.19. The topological polar surface area (TPSA) is 125 Å². The van der Waals surface area contributed by atoms with Crippen molar-refractivity contribution in [2.24, 2.45) is 5.73 Å². The van der Waals surface area contributed by atoms with Crippen molar-refractivity contribution in [2.45, 2.75) is 18.2 Å². The van der Waals surface area contributed by atoms with E-state index < -0.39 is 5.54 Å². The molecule has 1 aliphatic heterocycles. The lowest BCUT2D eigenvalue weighted by molar-refractivity contribution is 0.0530. The molecule has 0 aromatic carbocycles. The van der Waals surface area contributed by atoms with E-state index in [4.69, 9.17) is 16.2 Å². The Bertz CT molecular complexity index is 585. The van der Waals surface area contributed by atoms with E-state index in [2.05, 4.69) is 15.0 Å². The molecule has 1 fully saturated rings. The van der Waals surface area contributed by atoms with E-state index in [9.17, 15) is 5.11 Å². The largest absolute Gasteiger partial charge is 0.394 e. The zero-order valence-corrected chi connectivity index (χ0v) is 9.65. The summed E-state index contributed by atoms with van der Waals surface area (Å²) in [7, 11) is 0. The Morgan fingerprint density at radius 3 is 3.06 bits per heavy atom. The summed E-state index contributed by atoms with van der Waals surface area (Å²) in [5, 5.41) is 9.22. The average Bonchev–Trinajstić information content (AvgIpc) is 2.94. The van der Waals surface area contributed by atoms with Crippen molar-refractivity contribution in [3.05, 3.63) is 12.7 Å². The van der Waals surface area contributed by atoms with Gasteiger partial charge in [-0.15, -0.1) is 0 Å². The number of rotatable bonds is 2. The molecular weight excluding hydrogens is 236 g/mol. The first-order valence-electron chi connectivity index (χ1n) is 5.57. The molecule has 2 aromatic rings. The normalized spacial score (nSPS) is 28.0. The Balaban J connectivity index is 1.99. The second kappa shape index (κ2) is 3.87. The smallest absolute Gasteiger partial charge is 0.167 e. The van der Waals surface area contributed by atoms with Gasteiger partial charge < -0.3 is 21.3 Å². The molecule has 96 valence electrons. The van der Waals surface area contributed by atoms with Crippen LogP contribution in [0.15, 0.2) is 12.7 Å². The maximum atomic E-state index is 9.22. The Kier molecular flexibility index (Phi) is 2.44. The predicted molar refractivity (Wildman–Crippen MR) is 63.3 cm³/mol. The van der Waals surface area contributed by atoms with Crippen LogP contribution in [0.4, 0.5) is 5.82 Å². The van der Waals surface area contributed by atoms with Crippen LogP contribution in [0, 0.1) is 0 Å². The lowest BCUT2D eigenvalue weighted by Crippen LogP contribution is -2.44. The van der Waals surface area contributed by atoms with Gasteiger partial charge in [0.2, 0.25) is 0 Å². The number of nitrogens with two attached hydrogens (primary N) is 2. The van der Waals surface area contributed by atoms with Gasteiger partial charge in [-0.1, -0.05) is 0 Å². The van der Waals surface area contributed by atoms with E-state index in [1.165, 1.54) is 6.33 Å². The molecule has 8 heteroatoms. The number of aliphatic hydroxyl groups excluding tert-OH is 1. The van der Waals surface area contributed by atoms with Crippen LogP contribution in [0.3, 0.4) is 0 Å². The highest BCUT2D eigenvalue weighted by Crippen LogP contribution is 2.31. The molecule has 8 nitrogen and oxygen atoms in total. The van der Waals surface area contributed by atoms with Crippen LogP contribution in [-0.2, 0) is 4.74 Å². The number of nitrogens with zero attached hydrogens (tertiary/aromatic N) is 4. The molecule has 0 bridgehead atoms. The van der Waals surface area contributed by atoms with Crippen LogP contribution in [0.1, 0.15) is 12.6 Å². The van der Waals surface area contributed by atoms with E-state index in [-0.39, 0.29) is 12.8 Å². The average molecular weight is 250 g/mol. The first kappa shape index (κ1) is 11.3. The standard InChI is InChI=1S/C10H14N6O2/c11-8-7-9(14-4-13-8)16(5-15-7)6-1-10(12,2-17)3-18-6/h4-6,17H,1-3,12H2,(H2,11,13,14)/t6-,10-/m0/s1. The highest BCUT2D eigenvalue weighted by molar-refractivity contribution is 5.81. The number of aliphatic hydroxyl groups is 1. The van der Waals surface area contributed by atoms with E-state index in [0.29, 0.717) is 30.0 Å². The molecule has 18 heavy (non-hydrogen) atoms. The third-order valence-electron chi connectivity index (χ3n) is 3.16. The first-order valence-corrected chi connectivity index (χ1v) is 5.57. The van der Waals surface area contributed by atoms with Crippen LogP contribution in [0.25, 0.3) is 11.2 Å². The van der Waals surface area contributed by atoms with Gasteiger partial charge in [-0.25, -0.2) is 15.0 Å². The van der Waals surface area contributed by atoms with Crippen LogP contribution in [0.2, 0.25) is 0 Å². The number of fused-ring (bicyclic) bond motifs is 1. The molecule has 0 aliphatic carbocycles. The fraction of sp³-hybridized carbons (Fsp3) is 0.500. The molecule has 2 atom stereocenters. The molecule has 0 amide bonds. The molecule has 3 heterocycles. The highest BCUT2D eigenvalue weighted by Gasteiger charge is 2.37. The molecule has 0 radical (unpaired) electrons. The maximum absolute atomic E-state index is 9.22. The molecule has 1 saturated heterocycles. The molecule has 1 aliphatic rings. The number of anilines is 1. The molecule has 0 saturated carbocycles. The number of hydrogen-bond donors (Lipinski definition) is 3. The van der Waals surface area contributed by atoms with Gasteiger partial charge in [0.05, 0.1) is 25.1 Å². The van der Waals surface area contributed by atoms with Gasteiger partial charge in [0, 0.05) is 6.42 Å². The van der Waals surface area contributed by atoms with Crippen LogP contribution in [-0.4, -0.2) is 43.4 Å². The number of hydrogen-bond acceptors (Lipinski definition) is 7. The van der Waals surface area contributed by atoms with E-state index in [0.717, 1.165) is 0 Å². The van der Waals surface area contributed by atoms with Crippen LogP contribution >= 0.6 is 0 Å². The maximum Gasteiger partial charge on any atom is 0.167 e. The molecule has 3 rings (SSSR count). The van der Waals surface area contributed by atoms with Crippen molar-refractivity contribution in [1.29, 1.82) is 0 Å². The Labute approximate surface area is 103 Å².